The topological polar surface area (TPSA) is 29.9 Å². The van der Waals surface area contributed by atoms with Crippen molar-refractivity contribution in [1.82, 2.24) is 14.9 Å². The van der Waals surface area contributed by atoms with Crippen LogP contribution in [0.5, 0.6) is 0 Å². The molecule has 0 bridgehead atoms. The molecule has 2 rings (SSSR count). The number of nitrogens with zero attached hydrogens (tertiary/aromatic N) is 2. The fourth-order valence-corrected chi connectivity index (χ4v) is 2.40. The van der Waals surface area contributed by atoms with E-state index in [2.05, 4.69) is 34.9 Å². The maximum Gasteiger partial charge on any atom is 0.110 e. The Kier molecular flexibility index (Phi) is 3.41. The van der Waals surface area contributed by atoms with Gasteiger partial charge in [0.1, 0.15) is 5.82 Å². The van der Waals surface area contributed by atoms with E-state index in [0.29, 0.717) is 6.04 Å². The second-order valence-corrected chi connectivity index (χ2v) is 4.51. The summed E-state index contributed by atoms with van der Waals surface area (Å²) in [6.45, 7) is 6.71. The van der Waals surface area contributed by atoms with E-state index >= 15 is 0 Å². The van der Waals surface area contributed by atoms with Crippen molar-refractivity contribution in [3.63, 3.8) is 0 Å². The third-order valence-corrected chi connectivity index (χ3v) is 3.47. The molecule has 1 aliphatic rings. The van der Waals surface area contributed by atoms with E-state index in [-0.39, 0.29) is 0 Å². The van der Waals surface area contributed by atoms with Gasteiger partial charge in [0.25, 0.3) is 0 Å². The van der Waals surface area contributed by atoms with Gasteiger partial charge in [-0.3, -0.25) is 0 Å². The average Bonchev–Trinajstić information content (AvgIpc) is 2.69. The van der Waals surface area contributed by atoms with E-state index in [1.807, 2.05) is 6.20 Å². The third-order valence-electron chi connectivity index (χ3n) is 3.47. The van der Waals surface area contributed by atoms with Crippen molar-refractivity contribution in [2.45, 2.75) is 45.7 Å². The van der Waals surface area contributed by atoms with Crippen molar-refractivity contribution in [3.8, 4) is 0 Å². The van der Waals surface area contributed by atoms with E-state index in [4.69, 9.17) is 0 Å². The minimum Gasteiger partial charge on any atom is -0.335 e. The normalized spacial score (nSPS) is 26.8. The standard InChI is InChI=1S/C12H21N3/c1-3-15-8-7-14-12(15)9-11-10(2)5-4-6-13-11/h7-8,10-11,13H,3-6,9H2,1-2H3. The molecular formula is C12H21N3. The van der Waals surface area contributed by atoms with Crippen LogP contribution in [0.3, 0.4) is 0 Å². The van der Waals surface area contributed by atoms with Crippen LogP contribution in [-0.4, -0.2) is 22.1 Å². The molecule has 2 heterocycles. The smallest absolute Gasteiger partial charge is 0.110 e. The van der Waals surface area contributed by atoms with Gasteiger partial charge >= 0.3 is 0 Å². The molecule has 1 aromatic rings. The molecule has 3 nitrogen and oxygen atoms in total. The summed E-state index contributed by atoms with van der Waals surface area (Å²) < 4.78 is 2.24. The van der Waals surface area contributed by atoms with Crippen LogP contribution in [0.15, 0.2) is 12.4 Å². The molecule has 0 amide bonds. The highest BCUT2D eigenvalue weighted by Crippen LogP contribution is 2.18. The minimum atomic E-state index is 0.617. The number of aryl methyl sites for hydroxylation is 1. The van der Waals surface area contributed by atoms with E-state index in [0.717, 1.165) is 18.9 Å². The van der Waals surface area contributed by atoms with E-state index in [1.165, 1.54) is 25.2 Å². The molecule has 3 heteroatoms. The highest BCUT2D eigenvalue weighted by Gasteiger charge is 2.22. The van der Waals surface area contributed by atoms with Crippen molar-refractivity contribution >= 4 is 0 Å². The van der Waals surface area contributed by atoms with E-state index in [9.17, 15) is 0 Å². The van der Waals surface area contributed by atoms with Crippen LogP contribution in [0.2, 0.25) is 0 Å². The highest BCUT2D eigenvalue weighted by atomic mass is 15.1. The highest BCUT2D eigenvalue weighted by molar-refractivity contribution is 4.97. The van der Waals surface area contributed by atoms with Crippen LogP contribution >= 0.6 is 0 Å². The van der Waals surface area contributed by atoms with Crippen molar-refractivity contribution in [2.75, 3.05) is 6.54 Å². The van der Waals surface area contributed by atoms with Crippen LogP contribution in [0.4, 0.5) is 0 Å². The number of imidazole rings is 1. The van der Waals surface area contributed by atoms with Crippen LogP contribution < -0.4 is 5.32 Å². The number of hydrogen-bond donors (Lipinski definition) is 1. The van der Waals surface area contributed by atoms with Crippen molar-refractivity contribution in [1.29, 1.82) is 0 Å². The van der Waals surface area contributed by atoms with Gasteiger partial charge in [-0.25, -0.2) is 4.98 Å². The first kappa shape index (κ1) is 10.7. The zero-order valence-electron chi connectivity index (χ0n) is 9.74. The molecule has 1 N–H and O–H groups in total. The average molecular weight is 207 g/mol. The predicted molar refractivity (Wildman–Crippen MR) is 61.8 cm³/mol. The summed E-state index contributed by atoms with van der Waals surface area (Å²) >= 11 is 0. The lowest BCUT2D eigenvalue weighted by Gasteiger charge is -2.29. The van der Waals surface area contributed by atoms with Gasteiger partial charge in [-0.1, -0.05) is 6.92 Å². The molecular weight excluding hydrogens is 186 g/mol. The van der Waals surface area contributed by atoms with Gasteiger partial charge in [0, 0.05) is 31.4 Å². The Bertz CT molecular complexity index is 306. The maximum absolute atomic E-state index is 4.44. The molecule has 0 spiro atoms. The van der Waals surface area contributed by atoms with Gasteiger partial charge in [-0.2, -0.15) is 0 Å². The Morgan fingerprint density at radius 2 is 2.47 bits per heavy atom. The summed E-state index contributed by atoms with van der Waals surface area (Å²) in [5, 5.41) is 3.61. The molecule has 84 valence electrons. The quantitative estimate of drug-likeness (QED) is 0.819. The number of piperidine rings is 1. The number of hydrogen-bond acceptors (Lipinski definition) is 2. The lowest BCUT2D eigenvalue weighted by atomic mass is 9.90. The summed E-state index contributed by atoms with van der Waals surface area (Å²) in [4.78, 5) is 4.44. The van der Waals surface area contributed by atoms with Crippen LogP contribution in [0.1, 0.15) is 32.5 Å². The molecule has 15 heavy (non-hydrogen) atoms. The van der Waals surface area contributed by atoms with E-state index < -0.39 is 0 Å². The lowest BCUT2D eigenvalue weighted by Crippen LogP contribution is -2.42. The largest absolute Gasteiger partial charge is 0.335 e. The molecule has 0 aliphatic carbocycles. The Morgan fingerprint density at radius 3 is 3.20 bits per heavy atom. The van der Waals surface area contributed by atoms with Crippen molar-refractivity contribution < 1.29 is 0 Å². The first-order valence-corrected chi connectivity index (χ1v) is 6.04. The van der Waals surface area contributed by atoms with Crippen molar-refractivity contribution in [3.05, 3.63) is 18.2 Å². The maximum atomic E-state index is 4.44. The summed E-state index contributed by atoms with van der Waals surface area (Å²) in [5.74, 6) is 2.00. The zero-order chi connectivity index (χ0) is 10.7. The molecule has 1 aliphatic heterocycles. The van der Waals surface area contributed by atoms with E-state index in [1.54, 1.807) is 0 Å². The first-order chi connectivity index (χ1) is 7.31. The Balaban J connectivity index is 2.01. The summed E-state index contributed by atoms with van der Waals surface area (Å²) in [6, 6.07) is 0.617. The molecule has 0 radical (unpaired) electrons. The monoisotopic (exact) mass is 207 g/mol. The van der Waals surface area contributed by atoms with Crippen LogP contribution in [0, 0.1) is 5.92 Å². The lowest BCUT2D eigenvalue weighted by molar-refractivity contribution is 0.293. The molecule has 1 saturated heterocycles. The van der Waals surface area contributed by atoms with Gasteiger partial charge in [-0.05, 0) is 32.2 Å². The fourth-order valence-electron chi connectivity index (χ4n) is 2.40. The molecule has 1 fully saturated rings. The molecule has 1 aromatic heterocycles. The Hall–Kier alpha value is -0.830. The summed E-state index contributed by atoms with van der Waals surface area (Å²) in [7, 11) is 0. The first-order valence-electron chi connectivity index (χ1n) is 6.04. The van der Waals surface area contributed by atoms with Crippen LogP contribution in [-0.2, 0) is 13.0 Å². The van der Waals surface area contributed by atoms with Crippen LogP contribution in [0.25, 0.3) is 0 Å². The van der Waals surface area contributed by atoms with Gasteiger partial charge in [0.15, 0.2) is 0 Å². The number of aromatic nitrogens is 2. The zero-order valence-corrected chi connectivity index (χ0v) is 9.74. The SMILES string of the molecule is CCn1ccnc1CC1NCCCC1C. The Labute approximate surface area is 91.9 Å². The fraction of sp³-hybridized carbons (Fsp3) is 0.750. The van der Waals surface area contributed by atoms with Gasteiger partial charge in [-0.15, -0.1) is 0 Å². The second kappa shape index (κ2) is 4.79. The Morgan fingerprint density at radius 1 is 1.60 bits per heavy atom. The van der Waals surface area contributed by atoms with Gasteiger partial charge in [0.2, 0.25) is 0 Å². The second-order valence-electron chi connectivity index (χ2n) is 4.51. The van der Waals surface area contributed by atoms with Crippen molar-refractivity contribution in [2.24, 2.45) is 5.92 Å². The predicted octanol–water partition coefficient (Wildman–Crippen LogP) is 1.83. The summed E-state index contributed by atoms with van der Waals surface area (Å²) in [5.41, 5.74) is 0. The molecule has 2 unspecified atom stereocenters. The third kappa shape index (κ3) is 2.40. The summed E-state index contributed by atoms with van der Waals surface area (Å²) in [6.07, 6.45) is 7.72. The minimum absolute atomic E-state index is 0.617. The number of nitrogens with one attached hydrogen (secondary N) is 1. The number of rotatable bonds is 3. The molecule has 0 saturated carbocycles. The van der Waals surface area contributed by atoms with Gasteiger partial charge < -0.3 is 9.88 Å². The molecule has 2 atom stereocenters. The van der Waals surface area contributed by atoms with Gasteiger partial charge in [0.05, 0.1) is 0 Å². The molecule has 0 aromatic carbocycles.